The first kappa shape index (κ1) is 7.54. The average Bonchev–Trinajstić information content (AvgIpc) is 1.83. The largest absolute Gasteiger partial charge is 0.501 e. The lowest BCUT2D eigenvalue weighted by atomic mass is 10.3. The Morgan fingerprint density at radius 3 is 2.50 bits per heavy atom. The van der Waals surface area contributed by atoms with Crippen LogP contribution in [0.25, 0.3) is 0 Å². The molecule has 1 heteroatoms. The maximum Gasteiger partial charge on any atom is 0.0912 e. The van der Waals surface area contributed by atoms with Gasteiger partial charge in [0.25, 0.3) is 0 Å². The van der Waals surface area contributed by atoms with Gasteiger partial charge in [0, 0.05) is 6.42 Å². The van der Waals surface area contributed by atoms with E-state index in [-0.39, 0.29) is 0 Å². The molecule has 0 aromatic heterocycles. The minimum Gasteiger partial charge on any atom is -0.501 e. The van der Waals surface area contributed by atoms with E-state index in [2.05, 4.69) is 13.8 Å². The minimum atomic E-state index is 0.816. The average molecular weight is 113 g/mol. The normalized spacial score (nSPS) is 11.6. The van der Waals surface area contributed by atoms with Crippen LogP contribution in [0.5, 0.6) is 0 Å². The second-order valence-electron chi connectivity index (χ2n) is 1.52. The molecule has 1 radical (unpaired) electrons. The van der Waals surface area contributed by atoms with Crippen molar-refractivity contribution in [2.45, 2.75) is 19.8 Å². The second-order valence-corrected chi connectivity index (χ2v) is 1.52. The van der Waals surface area contributed by atoms with Crippen molar-refractivity contribution >= 4 is 0 Å². The summed E-state index contributed by atoms with van der Waals surface area (Å²) in [6.45, 7) is 5.73. The Morgan fingerprint density at radius 2 is 2.38 bits per heavy atom. The van der Waals surface area contributed by atoms with E-state index in [1.54, 1.807) is 7.11 Å². The maximum atomic E-state index is 4.96. The van der Waals surface area contributed by atoms with Crippen molar-refractivity contribution in [2.24, 2.45) is 0 Å². The molecule has 0 aromatic rings. The molecule has 0 atom stereocenters. The zero-order valence-corrected chi connectivity index (χ0v) is 5.61. The van der Waals surface area contributed by atoms with Gasteiger partial charge in [-0.15, -0.1) is 0 Å². The summed E-state index contributed by atoms with van der Waals surface area (Å²) in [6.07, 6.45) is 3.77. The van der Waals surface area contributed by atoms with E-state index >= 15 is 0 Å². The molecule has 0 N–H and O–H groups in total. The molecule has 0 aliphatic carbocycles. The topological polar surface area (TPSA) is 9.23 Å². The van der Waals surface area contributed by atoms with Gasteiger partial charge in [-0.1, -0.05) is 6.92 Å². The maximum absolute atomic E-state index is 4.96. The molecule has 0 saturated carbocycles. The van der Waals surface area contributed by atoms with Gasteiger partial charge in [-0.3, -0.25) is 0 Å². The minimum absolute atomic E-state index is 0.816. The lowest BCUT2D eigenvalue weighted by molar-refractivity contribution is 0.279. The Bertz CT molecular complexity index is 68.5. The predicted octanol–water partition coefficient (Wildman–Crippen LogP) is 2.15. The molecule has 0 heterocycles. The smallest absolute Gasteiger partial charge is 0.0912 e. The molecule has 8 heavy (non-hydrogen) atoms. The number of ether oxygens (including phenoxy) is 1. The fourth-order valence-corrected chi connectivity index (χ4v) is 0.533. The van der Waals surface area contributed by atoms with Crippen molar-refractivity contribution in [1.29, 1.82) is 0 Å². The summed E-state index contributed by atoms with van der Waals surface area (Å²) in [5, 5.41) is 0. The molecule has 0 amide bonds. The lowest BCUT2D eigenvalue weighted by Crippen LogP contribution is -1.81. The van der Waals surface area contributed by atoms with Crippen LogP contribution in [0.15, 0.2) is 11.8 Å². The van der Waals surface area contributed by atoms with Gasteiger partial charge >= 0.3 is 0 Å². The molecule has 0 saturated heterocycles. The summed E-state index contributed by atoms with van der Waals surface area (Å²) in [4.78, 5) is 0. The van der Waals surface area contributed by atoms with Crippen LogP contribution in [0.2, 0.25) is 0 Å². The molecular formula is C7H13O. The van der Waals surface area contributed by atoms with Gasteiger partial charge in [-0.25, -0.2) is 0 Å². The molecule has 0 bridgehead atoms. The molecule has 0 aromatic carbocycles. The van der Waals surface area contributed by atoms with Crippen LogP contribution in [0, 0.1) is 6.92 Å². The van der Waals surface area contributed by atoms with E-state index in [9.17, 15) is 0 Å². The SMILES string of the molecule is [CH2]CC=C(CC)OC. The van der Waals surface area contributed by atoms with Gasteiger partial charge in [0.2, 0.25) is 0 Å². The van der Waals surface area contributed by atoms with Crippen LogP contribution in [-0.2, 0) is 4.74 Å². The first-order valence-electron chi connectivity index (χ1n) is 2.87. The van der Waals surface area contributed by atoms with Crippen molar-refractivity contribution in [1.82, 2.24) is 0 Å². The first-order valence-corrected chi connectivity index (χ1v) is 2.87. The number of hydrogen-bond acceptors (Lipinski definition) is 1. The van der Waals surface area contributed by atoms with Gasteiger partial charge in [0.1, 0.15) is 0 Å². The van der Waals surface area contributed by atoms with E-state index in [1.807, 2.05) is 6.08 Å². The van der Waals surface area contributed by atoms with Gasteiger partial charge < -0.3 is 4.74 Å². The van der Waals surface area contributed by atoms with Crippen molar-refractivity contribution in [3.8, 4) is 0 Å². The molecule has 0 aliphatic heterocycles. The molecule has 0 aliphatic rings. The van der Waals surface area contributed by atoms with E-state index in [0.717, 1.165) is 18.6 Å². The van der Waals surface area contributed by atoms with E-state index in [1.165, 1.54) is 0 Å². The summed E-state index contributed by atoms with van der Waals surface area (Å²) in [5.74, 6) is 1.03. The van der Waals surface area contributed by atoms with Crippen LogP contribution in [0.1, 0.15) is 19.8 Å². The van der Waals surface area contributed by atoms with E-state index in [0.29, 0.717) is 0 Å². The third-order valence-electron chi connectivity index (χ3n) is 0.983. The Labute approximate surface area is 51.4 Å². The number of allylic oxidation sites excluding steroid dienone is 2. The molecule has 47 valence electrons. The molecule has 0 fully saturated rings. The van der Waals surface area contributed by atoms with Crippen LogP contribution in [0.4, 0.5) is 0 Å². The first-order chi connectivity index (χ1) is 3.85. The summed E-state index contributed by atoms with van der Waals surface area (Å²) in [6, 6.07) is 0. The second kappa shape index (κ2) is 4.69. The van der Waals surface area contributed by atoms with Gasteiger partial charge in [-0.05, 0) is 19.4 Å². The Balaban J connectivity index is 3.49. The third-order valence-corrected chi connectivity index (χ3v) is 0.983. The monoisotopic (exact) mass is 113 g/mol. The van der Waals surface area contributed by atoms with E-state index < -0.39 is 0 Å². The van der Waals surface area contributed by atoms with Crippen LogP contribution in [0.3, 0.4) is 0 Å². The zero-order valence-electron chi connectivity index (χ0n) is 5.61. The zero-order chi connectivity index (χ0) is 6.41. The van der Waals surface area contributed by atoms with Crippen molar-refractivity contribution in [3.05, 3.63) is 18.8 Å². The summed E-state index contributed by atoms with van der Waals surface area (Å²) in [5.41, 5.74) is 0. The molecule has 0 spiro atoms. The van der Waals surface area contributed by atoms with Gasteiger partial charge in [0.15, 0.2) is 0 Å². The fraction of sp³-hybridized carbons (Fsp3) is 0.571. The molecular weight excluding hydrogens is 100 g/mol. The number of hydrogen-bond donors (Lipinski definition) is 0. The summed E-state index contributed by atoms with van der Waals surface area (Å²) < 4.78 is 4.96. The van der Waals surface area contributed by atoms with Crippen LogP contribution in [-0.4, -0.2) is 7.11 Å². The number of methoxy groups -OCH3 is 1. The Hall–Kier alpha value is -0.460. The van der Waals surface area contributed by atoms with E-state index in [4.69, 9.17) is 4.74 Å². The molecule has 1 nitrogen and oxygen atoms in total. The lowest BCUT2D eigenvalue weighted by Gasteiger charge is -1.99. The van der Waals surface area contributed by atoms with Crippen LogP contribution >= 0.6 is 0 Å². The fourth-order valence-electron chi connectivity index (χ4n) is 0.533. The van der Waals surface area contributed by atoms with Crippen molar-refractivity contribution in [2.75, 3.05) is 7.11 Å². The molecule has 0 rings (SSSR count). The Morgan fingerprint density at radius 1 is 1.75 bits per heavy atom. The quantitative estimate of drug-likeness (QED) is 0.509. The highest BCUT2D eigenvalue weighted by Crippen LogP contribution is 2.00. The summed E-state index contributed by atoms with van der Waals surface area (Å²) >= 11 is 0. The number of rotatable bonds is 3. The summed E-state index contributed by atoms with van der Waals surface area (Å²) in [7, 11) is 1.69. The molecule has 0 unspecified atom stereocenters. The predicted molar refractivity (Wildman–Crippen MR) is 35.4 cm³/mol. The highest BCUT2D eigenvalue weighted by Gasteiger charge is 1.85. The standard InChI is InChI=1S/C7H13O/c1-4-6-7(5-2)8-3/h6H,1,4-5H2,2-3H3. The van der Waals surface area contributed by atoms with Crippen LogP contribution < -0.4 is 0 Å². The van der Waals surface area contributed by atoms with Crippen molar-refractivity contribution in [3.63, 3.8) is 0 Å². The third kappa shape index (κ3) is 2.67. The van der Waals surface area contributed by atoms with Crippen molar-refractivity contribution < 1.29 is 4.74 Å². The van der Waals surface area contributed by atoms with Gasteiger partial charge in [-0.2, -0.15) is 0 Å². The highest BCUT2D eigenvalue weighted by molar-refractivity contribution is 4.91. The van der Waals surface area contributed by atoms with Gasteiger partial charge in [0.05, 0.1) is 12.9 Å². The highest BCUT2D eigenvalue weighted by atomic mass is 16.5. The Kier molecular flexibility index (Phi) is 4.42.